The Morgan fingerprint density at radius 3 is 2.58 bits per heavy atom. The molecule has 0 fully saturated rings. The van der Waals surface area contributed by atoms with E-state index >= 15 is 0 Å². The number of urea groups is 1. The second-order valence-electron chi connectivity index (χ2n) is 3.81. The predicted molar refractivity (Wildman–Crippen MR) is 74.6 cm³/mol. The van der Waals surface area contributed by atoms with Crippen molar-refractivity contribution in [2.45, 2.75) is 13.3 Å². The number of halogens is 1. The first-order valence-electron chi connectivity index (χ1n) is 6.01. The van der Waals surface area contributed by atoms with Crippen LogP contribution in [-0.4, -0.2) is 31.6 Å². The number of benzene rings is 1. The van der Waals surface area contributed by atoms with Crippen LogP contribution in [0.5, 0.6) is 0 Å². The van der Waals surface area contributed by atoms with E-state index < -0.39 is 0 Å². The van der Waals surface area contributed by atoms with Crippen molar-refractivity contribution in [3.63, 3.8) is 0 Å². The van der Waals surface area contributed by atoms with Crippen molar-refractivity contribution in [3.8, 4) is 0 Å². The van der Waals surface area contributed by atoms with Gasteiger partial charge in [0.2, 0.25) is 0 Å². The fraction of sp³-hybridized carbons (Fsp3) is 0.385. The summed E-state index contributed by atoms with van der Waals surface area (Å²) in [6.07, 6.45) is 0.258. The molecule has 104 valence electrons. The van der Waals surface area contributed by atoms with E-state index in [0.717, 1.165) is 0 Å². The summed E-state index contributed by atoms with van der Waals surface area (Å²) in [4.78, 5) is 22.8. The molecule has 0 saturated carbocycles. The fourth-order valence-corrected chi connectivity index (χ4v) is 1.44. The van der Waals surface area contributed by atoms with Crippen molar-refractivity contribution in [2.75, 3.05) is 25.1 Å². The van der Waals surface area contributed by atoms with Crippen LogP contribution in [0, 0.1) is 0 Å². The van der Waals surface area contributed by atoms with Crippen LogP contribution in [0.1, 0.15) is 13.3 Å². The Kier molecular flexibility index (Phi) is 6.92. The normalized spacial score (nSPS) is 10.0. The summed E-state index contributed by atoms with van der Waals surface area (Å²) in [6, 6.07) is 6.40. The number of nitrogens with one attached hydrogen (secondary N) is 2. The van der Waals surface area contributed by atoms with Gasteiger partial charge >= 0.3 is 6.03 Å². The lowest BCUT2D eigenvalue weighted by molar-refractivity contribution is -0.123. The van der Waals surface area contributed by atoms with Crippen molar-refractivity contribution in [1.29, 1.82) is 0 Å². The van der Waals surface area contributed by atoms with Crippen LogP contribution in [0.3, 0.4) is 0 Å². The summed E-state index contributed by atoms with van der Waals surface area (Å²) in [5.74, 6) is -0.0337. The Labute approximate surface area is 117 Å². The van der Waals surface area contributed by atoms with Crippen molar-refractivity contribution in [1.82, 2.24) is 5.32 Å². The molecule has 1 rings (SSSR count). The van der Waals surface area contributed by atoms with Gasteiger partial charge < -0.3 is 15.4 Å². The van der Waals surface area contributed by atoms with Crippen LogP contribution in [0.4, 0.5) is 10.5 Å². The van der Waals surface area contributed by atoms with Crippen LogP contribution >= 0.6 is 11.6 Å². The average Bonchev–Trinajstić information content (AvgIpc) is 2.39. The molecule has 2 amide bonds. The van der Waals surface area contributed by atoms with Gasteiger partial charge in [-0.1, -0.05) is 11.6 Å². The monoisotopic (exact) mass is 284 g/mol. The summed E-state index contributed by atoms with van der Waals surface area (Å²) < 4.78 is 4.97. The lowest BCUT2D eigenvalue weighted by atomic mass is 10.3. The number of ketones is 1. The molecule has 6 heteroatoms. The second kappa shape index (κ2) is 8.50. The van der Waals surface area contributed by atoms with Gasteiger partial charge in [0.1, 0.15) is 6.61 Å². The minimum absolute atomic E-state index is 0.0337. The minimum Gasteiger partial charge on any atom is -0.374 e. The summed E-state index contributed by atoms with van der Waals surface area (Å²) in [5.41, 5.74) is 0.641. The molecule has 0 aliphatic carbocycles. The molecule has 0 saturated heterocycles. The average molecular weight is 285 g/mol. The highest BCUT2D eigenvalue weighted by Gasteiger charge is 2.04. The Hall–Kier alpha value is -1.59. The molecule has 0 spiro atoms. The van der Waals surface area contributed by atoms with Gasteiger partial charge in [-0.15, -0.1) is 0 Å². The zero-order chi connectivity index (χ0) is 14.1. The second-order valence-corrected chi connectivity index (χ2v) is 4.25. The van der Waals surface area contributed by atoms with E-state index in [0.29, 0.717) is 17.3 Å². The first-order chi connectivity index (χ1) is 9.11. The van der Waals surface area contributed by atoms with E-state index in [1.165, 1.54) is 0 Å². The van der Waals surface area contributed by atoms with Gasteiger partial charge in [-0.05, 0) is 31.2 Å². The molecule has 0 aliphatic heterocycles. The zero-order valence-electron chi connectivity index (χ0n) is 10.7. The van der Waals surface area contributed by atoms with Gasteiger partial charge in [0.05, 0.1) is 0 Å². The Balaban J connectivity index is 2.21. The number of amides is 2. The summed E-state index contributed by atoms with van der Waals surface area (Å²) >= 11 is 5.73. The standard InChI is InChI=1S/C13H17ClN2O3/c1-2-19-9-12(17)7-8-15-13(18)16-11-5-3-10(14)4-6-11/h3-6H,2,7-9H2,1H3,(H2,15,16,18). The molecule has 0 atom stereocenters. The molecule has 0 aromatic heterocycles. The Bertz CT molecular complexity index is 420. The van der Waals surface area contributed by atoms with E-state index in [9.17, 15) is 9.59 Å². The first kappa shape index (κ1) is 15.5. The SMILES string of the molecule is CCOCC(=O)CCNC(=O)Nc1ccc(Cl)cc1. The first-order valence-corrected chi connectivity index (χ1v) is 6.39. The molecule has 0 heterocycles. The summed E-state index contributed by atoms with van der Waals surface area (Å²) in [6.45, 7) is 2.71. The molecule has 19 heavy (non-hydrogen) atoms. The van der Waals surface area contributed by atoms with Crippen molar-refractivity contribution < 1.29 is 14.3 Å². The van der Waals surface area contributed by atoms with Gasteiger partial charge in [-0.25, -0.2) is 4.79 Å². The molecular weight excluding hydrogens is 268 g/mol. The number of rotatable bonds is 7. The number of anilines is 1. The smallest absolute Gasteiger partial charge is 0.319 e. The maximum atomic E-state index is 11.5. The van der Waals surface area contributed by atoms with Gasteiger partial charge in [0.25, 0.3) is 0 Å². The third-order valence-electron chi connectivity index (χ3n) is 2.26. The molecule has 0 unspecified atom stereocenters. The third kappa shape index (κ3) is 6.79. The van der Waals surface area contributed by atoms with Gasteiger partial charge in [-0.2, -0.15) is 0 Å². The highest BCUT2D eigenvalue weighted by Crippen LogP contribution is 2.12. The quantitative estimate of drug-likeness (QED) is 0.808. The van der Waals surface area contributed by atoms with Crippen LogP contribution in [0.25, 0.3) is 0 Å². The van der Waals surface area contributed by atoms with Crippen molar-refractivity contribution >= 4 is 29.1 Å². The van der Waals surface area contributed by atoms with Crippen LogP contribution in [-0.2, 0) is 9.53 Å². The fourth-order valence-electron chi connectivity index (χ4n) is 1.31. The maximum absolute atomic E-state index is 11.5. The van der Waals surface area contributed by atoms with Crippen molar-refractivity contribution in [3.05, 3.63) is 29.3 Å². The largest absolute Gasteiger partial charge is 0.374 e. The Morgan fingerprint density at radius 1 is 1.26 bits per heavy atom. The Morgan fingerprint density at radius 2 is 1.95 bits per heavy atom. The van der Waals surface area contributed by atoms with Gasteiger partial charge in [0.15, 0.2) is 5.78 Å². The summed E-state index contributed by atoms with van der Waals surface area (Å²) in [7, 11) is 0. The lowest BCUT2D eigenvalue weighted by Crippen LogP contribution is -2.31. The van der Waals surface area contributed by atoms with E-state index in [2.05, 4.69) is 10.6 Å². The van der Waals surface area contributed by atoms with E-state index in [4.69, 9.17) is 16.3 Å². The predicted octanol–water partition coefficient (Wildman–Crippen LogP) is 2.46. The maximum Gasteiger partial charge on any atom is 0.319 e. The topological polar surface area (TPSA) is 67.4 Å². The number of hydrogen-bond acceptors (Lipinski definition) is 3. The number of carbonyl (C=O) groups excluding carboxylic acids is 2. The summed E-state index contributed by atoms with van der Waals surface area (Å²) in [5, 5.41) is 5.83. The molecule has 5 nitrogen and oxygen atoms in total. The van der Waals surface area contributed by atoms with Crippen LogP contribution in [0.2, 0.25) is 5.02 Å². The number of carbonyl (C=O) groups is 2. The van der Waals surface area contributed by atoms with Gasteiger partial charge in [-0.3, -0.25) is 4.79 Å². The third-order valence-corrected chi connectivity index (χ3v) is 2.51. The molecule has 0 bridgehead atoms. The minimum atomic E-state index is -0.355. The van der Waals surface area contributed by atoms with E-state index in [-0.39, 0.29) is 31.4 Å². The van der Waals surface area contributed by atoms with Gasteiger partial charge in [0, 0.05) is 30.3 Å². The van der Waals surface area contributed by atoms with Crippen LogP contribution < -0.4 is 10.6 Å². The van der Waals surface area contributed by atoms with E-state index in [1.807, 2.05) is 6.92 Å². The number of ether oxygens (including phenoxy) is 1. The number of Topliss-reactive ketones (excluding diaryl/α,β-unsaturated/α-hetero) is 1. The molecule has 0 radical (unpaired) electrons. The highest BCUT2D eigenvalue weighted by atomic mass is 35.5. The molecule has 2 N–H and O–H groups in total. The van der Waals surface area contributed by atoms with Crippen LogP contribution in [0.15, 0.2) is 24.3 Å². The van der Waals surface area contributed by atoms with Crippen molar-refractivity contribution in [2.24, 2.45) is 0 Å². The molecule has 0 aliphatic rings. The van der Waals surface area contributed by atoms with E-state index in [1.54, 1.807) is 24.3 Å². The highest BCUT2D eigenvalue weighted by molar-refractivity contribution is 6.30. The lowest BCUT2D eigenvalue weighted by Gasteiger charge is -2.07. The molecule has 1 aromatic carbocycles. The molecular formula is C13H17ClN2O3. The number of hydrogen-bond donors (Lipinski definition) is 2. The zero-order valence-corrected chi connectivity index (χ0v) is 11.5. The molecule has 1 aromatic rings.